The van der Waals surface area contributed by atoms with E-state index in [-0.39, 0.29) is 12.5 Å². The van der Waals surface area contributed by atoms with Crippen molar-refractivity contribution in [1.82, 2.24) is 5.32 Å². The lowest BCUT2D eigenvalue weighted by molar-refractivity contribution is -0.121. The third-order valence-electron chi connectivity index (χ3n) is 4.10. The highest BCUT2D eigenvalue weighted by Gasteiger charge is 2.28. The van der Waals surface area contributed by atoms with E-state index in [4.69, 9.17) is 4.74 Å². The first-order valence-electron chi connectivity index (χ1n) is 8.87. The number of benzene rings is 2. The fourth-order valence-corrected chi connectivity index (χ4v) is 3.87. The number of para-hydroxylation sites is 1. The first-order chi connectivity index (χ1) is 12.8. The molecule has 7 heteroatoms. The van der Waals surface area contributed by atoms with Crippen LogP contribution in [0.5, 0.6) is 5.75 Å². The van der Waals surface area contributed by atoms with Crippen LogP contribution in [-0.4, -0.2) is 39.8 Å². The largest absolute Gasteiger partial charge is 0.492 e. The first kappa shape index (κ1) is 20.8. The van der Waals surface area contributed by atoms with Crippen molar-refractivity contribution in [3.8, 4) is 5.75 Å². The minimum Gasteiger partial charge on any atom is -0.492 e. The molecular formula is C20H26N2O4S. The van der Waals surface area contributed by atoms with Crippen LogP contribution in [0.1, 0.15) is 19.4 Å². The van der Waals surface area contributed by atoms with Crippen LogP contribution in [0.4, 0.5) is 5.69 Å². The van der Waals surface area contributed by atoms with Crippen LogP contribution >= 0.6 is 0 Å². The van der Waals surface area contributed by atoms with Gasteiger partial charge in [-0.05, 0) is 43.2 Å². The predicted molar refractivity (Wildman–Crippen MR) is 108 cm³/mol. The van der Waals surface area contributed by atoms with Crippen molar-refractivity contribution in [2.45, 2.75) is 26.3 Å². The topological polar surface area (TPSA) is 75.7 Å². The Kier molecular flexibility index (Phi) is 7.24. The molecule has 1 amide bonds. The molecule has 1 atom stereocenters. The maximum atomic E-state index is 12.4. The Labute approximate surface area is 161 Å². The van der Waals surface area contributed by atoms with Crippen molar-refractivity contribution in [3.05, 3.63) is 60.2 Å². The summed E-state index contributed by atoms with van der Waals surface area (Å²) in [5, 5.41) is 2.73. The van der Waals surface area contributed by atoms with Gasteiger partial charge in [0.15, 0.2) is 0 Å². The van der Waals surface area contributed by atoms with Crippen LogP contribution in [0.15, 0.2) is 54.6 Å². The average molecular weight is 391 g/mol. The van der Waals surface area contributed by atoms with Crippen molar-refractivity contribution in [3.63, 3.8) is 0 Å². The van der Waals surface area contributed by atoms with Crippen LogP contribution in [0.2, 0.25) is 0 Å². The molecule has 0 fully saturated rings. The van der Waals surface area contributed by atoms with Gasteiger partial charge in [0.2, 0.25) is 15.9 Å². The predicted octanol–water partition coefficient (Wildman–Crippen LogP) is 2.60. The maximum absolute atomic E-state index is 12.4. The molecule has 0 radical (unpaired) electrons. The second-order valence-electron chi connectivity index (χ2n) is 6.21. The molecule has 2 aromatic carbocycles. The Morgan fingerprint density at radius 3 is 2.30 bits per heavy atom. The van der Waals surface area contributed by atoms with E-state index in [1.54, 1.807) is 37.3 Å². The van der Waals surface area contributed by atoms with Gasteiger partial charge in [0.25, 0.3) is 0 Å². The van der Waals surface area contributed by atoms with Crippen LogP contribution in [-0.2, 0) is 21.2 Å². The summed E-state index contributed by atoms with van der Waals surface area (Å²) >= 11 is 0. The third kappa shape index (κ3) is 5.99. The summed E-state index contributed by atoms with van der Waals surface area (Å²) in [6.45, 7) is 4.23. The molecule has 0 aliphatic carbocycles. The van der Waals surface area contributed by atoms with Gasteiger partial charge in [0, 0.05) is 0 Å². The highest BCUT2D eigenvalue weighted by molar-refractivity contribution is 7.92. The fourth-order valence-electron chi connectivity index (χ4n) is 2.70. The summed E-state index contributed by atoms with van der Waals surface area (Å²) in [6.07, 6.45) is 2.05. The van der Waals surface area contributed by atoms with Crippen molar-refractivity contribution in [1.29, 1.82) is 0 Å². The molecular weight excluding hydrogens is 364 g/mol. The van der Waals surface area contributed by atoms with Crippen LogP contribution in [0.3, 0.4) is 0 Å². The number of anilines is 1. The minimum atomic E-state index is -3.60. The van der Waals surface area contributed by atoms with Gasteiger partial charge in [-0.2, -0.15) is 0 Å². The Bertz CT molecular complexity index is 836. The van der Waals surface area contributed by atoms with Gasteiger partial charge in [-0.3, -0.25) is 9.10 Å². The summed E-state index contributed by atoms with van der Waals surface area (Å²) in [5.41, 5.74) is 1.68. The van der Waals surface area contributed by atoms with E-state index >= 15 is 0 Å². The number of hydrogen-bond donors (Lipinski definition) is 1. The number of carbonyl (C=O) groups is 1. The lowest BCUT2D eigenvalue weighted by Crippen LogP contribution is -2.48. The standard InChI is InChI=1S/C20H26N2O4S/c1-4-17-10-12-19(13-11-17)26-15-14-21-20(23)16(2)22(27(3,24)25)18-8-6-5-7-9-18/h5-13,16H,4,14-15H2,1-3H3,(H,21,23). The minimum absolute atomic E-state index is 0.283. The summed E-state index contributed by atoms with van der Waals surface area (Å²) in [6, 6.07) is 15.5. The molecule has 0 bridgehead atoms. The normalized spacial score (nSPS) is 12.3. The number of rotatable bonds is 9. The number of nitrogens with zero attached hydrogens (tertiary/aromatic N) is 1. The second-order valence-corrected chi connectivity index (χ2v) is 8.07. The SMILES string of the molecule is CCc1ccc(OCCNC(=O)C(C)N(c2ccccc2)S(C)(=O)=O)cc1. The van der Waals surface area contributed by atoms with E-state index in [9.17, 15) is 13.2 Å². The van der Waals surface area contributed by atoms with Gasteiger partial charge in [-0.1, -0.05) is 37.3 Å². The van der Waals surface area contributed by atoms with Gasteiger partial charge >= 0.3 is 0 Å². The summed E-state index contributed by atoms with van der Waals surface area (Å²) in [5.74, 6) is 0.353. The fraction of sp³-hybridized carbons (Fsp3) is 0.350. The van der Waals surface area contributed by atoms with Crippen molar-refractivity contribution < 1.29 is 17.9 Å². The van der Waals surface area contributed by atoms with Gasteiger partial charge in [-0.15, -0.1) is 0 Å². The Morgan fingerprint density at radius 1 is 1.11 bits per heavy atom. The Morgan fingerprint density at radius 2 is 1.74 bits per heavy atom. The number of ether oxygens (including phenoxy) is 1. The summed E-state index contributed by atoms with van der Waals surface area (Å²) in [4.78, 5) is 12.4. The van der Waals surface area contributed by atoms with E-state index < -0.39 is 16.1 Å². The lowest BCUT2D eigenvalue weighted by atomic mass is 10.2. The molecule has 0 aromatic heterocycles. The quantitative estimate of drug-likeness (QED) is 0.668. The number of aryl methyl sites for hydroxylation is 1. The molecule has 2 rings (SSSR count). The molecule has 146 valence electrons. The molecule has 1 N–H and O–H groups in total. The Balaban J connectivity index is 1.91. The zero-order chi connectivity index (χ0) is 19.9. The molecule has 2 aromatic rings. The summed E-state index contributed by atoms with van der Waals surface area (Å²) in [7, 11) is -3.60. The van der Waals surface area contributed by atoms with E-state index in [1.807, 2.05) is 24.3 Å². The molecule has 0 saturated heterocycles. The van der Waals surface area contributed by atoms with E-state index in [0.29, 0.717) is 12.3 Å². The zero-order valence-corrected chi connectivity index (χ0v) is 16.7. The maximum Gasteiger partial charge on any atom is 0.243 e. The smallest absolute Gasteiger partial charge is 0.243 e. The van der Waals surface area contributed by atoms with Gasteiger partial charge in [-0.25, -0.2) is 8.42 Å². The highest BCUT2D eigenvalue weighted by Crippen LogP contribution is 2.20. The number of nitrogens with one attached hydrogen (secondary N) is 1. The van der Waals surface area contributed by atoms with Gasteiger partial charge in [0.1, 0.15) is 18.4 Å². The second kappa shape index (κ2) is 9.41. The molecule has 0 heterocycles. The van der Waals surface area contributed by atoms with Gasteiger partial charge in [0.05, 0.1) is 18.5 Å². The number of amides is 1. The molecule has 27 heavy (non-hydrogen) atoms. The number of hydrogen-bond acceptors (Lipinski definition) is 4. The van der Waals surface area contributed by atoms with Crippen molar-refractivity contribution in [2.24, 2.45) is 0 Å². The van der Waals surface area contributed by atoms with Crippen LogP contribution in [0.25, 0.3) is 0 Å². The first-order valence-corrected chi connectivity index (χ1v) is 10.7. The number of carbonyl (C=O) groups excluding carboxylic acids is 1. The molecule has 0 spiro atoms. The van der Waals surface area contributed by atoms with Crippen LogP contribution in [0, 0.1) is 0 Å². The Hall–Kier alpha value is -2.54. The lowest BCUT2D eigenvalue weighted by Gasteiger charge is -2.28. The van der Waals surface area contributed by atoms with Crippen molar-refractivity contribution >= 4 is 21.6 Å². The summed E-state index contributed by atoms with van der Waals surface area (Å²) < 4.78 is 31.1. The van der Waals surface area contributed by atoms with Gasteiger partial charge < -0.3 is 10.1 Å². The van der Waals surface area contributed by atoms with Crippen LogP contribution < -0.4 is 14.4 Å². The number of sulfonamides is 1. The molecule has 0 aliphatic rings. The molecule has 0 aliphatic heterocycles. The van der Waals surface area contributed by atoms with Crippen molar-refractivity contribution in [2.75, 3.05) is 23.7 Å². The average Bonchev–Trinajstić information content (AvgIpc) is 2.65. The van der Waals surface area contributed by atoms with E-state index in [1.165, 1.54) is 5.56 Å². The molecule has 0 saturated carbocycles. The van der Waals surface area contributed by atoms with E-state index in [0.717, 1.165) is 22.7 Å². The third-order valence-corrected chi connectivity index (χ3v) is 5.34. The molecule has 1 unspecified atom stereocenters. The zero-order valence-electron chi connectivity index (χ0n) is 15.9. The highest BCUT2D eigenvalue weighted by atomic mass is 32.2. The monoisotopic (exact) mass is 390 g/mol. The van der Waals surface area contributed by atoms with E-state index in [2.05, 4.69) is 12.2 Å². The molecule has 6 nitrogen and oxygen atoms in total.